The molecule has 0 radical (unpaired) electrons. The predicted octanol–water partition coefficient (Wildman–Crippen LogP) is 0.222. The first-order chi connectivity index (χ1) is 10.4. The number of carbonyl (C=O) groups is 2. The number of hydrogen-bond acceptors (Lipinski definition) is 5. The Bertz CT molecular complexity index is 812. The number of sulfone groups is 1. The Hall–Kier alpha value is -2.71. The molecule has 2 aromatic carbocycles. The molecular formula is C14H13N3O4S. The summed E-state index contributed by atoms with van der Waals surface area (Å²) in [6.45, 7) is 0. The molecule has 22 heavy (non-hydrogen) atoms. The molecule has 0 heterocycles. The van der Waals surface area contributed by atoms with Crippen molar-refractivity contribution < 1.29 is 18.0 Å². The Labute approximate surface area is 126 Å². The molecule has 0 saturated carbocycles. The van der Waals surface area contributed by atoms with Crippen molar-refractivity contribution >= 4 is 21.7 Å². The molecule has 0 aliphatic rings. The van der Waals surface area contributed by atoms with E-state index in [0.29, 0.717) is 0 Å². The highest BCUT2D eigenvalue weighted by Crippen LogP contribution is 2.21. The number of primary amides is 1. The van der Waals surface area contributed by atoms with E-state index in [2.05, 4.69) is 0 Å². The zero-order chi connectivity index (χ0) is 16.3. The van der Waals surface area contributed by atoms with Gasteiger partial charge >= 0.3 is 0 Å². The lowest BCUT2D eigenvalue weighted by Crippen LogP contribution is -2.29. The summed E-state index contributed by atoms with van der Waals surface area (Å²) in [6, 6.07) is 10.6. The molecule has 0 unspecified atom stereocenters. The van der Waals surface area contributed by atoms with Crippen LogP contribution in [0.15, 0.2) is 58.3 Å². The van der Waals surface area contributed by atoms with E-state index in [1.54, 1.807) is 0 Å². The maximum atomic E-state index is 12.4. The van der Waals surface area contributed by atoms with Gasteiger partial charge in [-0.3, -0.25) is 15.0 Å². The van der Waals surface area contributed by atoms with E-state index in [4.69, 9.17) is 11.6 Å². The van der Waals surface area contributed by atoms with Gasteiger partial charge in [-0.15, -0.1) is 0 Å². The fraction of sp³-hybridized carbons (Fsp3) is 0. The van der Waals surface area contributed by atoms with E-state index in [1.807, 2.05) is 5.43 Å². The van der Waals surface area contributed by atoms with Crippen molar-refractivity contribution in [3.63, 3.8) is 0 Å². The average Bonchev–Trinajstić information content (AvgIpc) is 2.54. The van der Waals surface area contributed by atoms with E-state index in [-0.39, 0.29) is 20.9 Å². The van der Waals surface area contributed by atoms with Gasteiger partial charge < -0.3 is 5.73 Å². The van der Waals surface area contributed by atoms with Crippen molar-refractivity contribution in [2.24, 2.45) is 11.6 Å². The normalized spacial score (nSPS) is 11.0. The van der Waals surface area contributed by atoms with Crippen LogP contribution < -0.4 is 17.0 Å². The van der Waals surface area contributed by atoms with Gasteiger partial charge in [0.25, 0.3) is 5.91 Å². The third kappa shape index (κ3) is 2.97. The monoisotopic (exact) mass is 319 g/mol. The van der Waals surface area contributed by atoms with E-state index >= 15 is 0 Å². The van der Waals surface area contributed by atoms with Crippen LogP contribution in [0.5, 0.6) is 0 Å². The molecule has 114 valence electrons. The Balaban J connectivity index is 2.37. The van der Waals surface area contributed by atoms with Crippen molar-refractivity contribution in [3.05, 3.63) is 59.7 Å². The Morgan fingerprint density at radius 1 is 0.818 bits per heavy atom. The minimum Gasteiger partial charge on any atom is -0.366 e. The van der Waals surface area contributed by atoms with Crippen molar-refractivity contribution in [1.29, 1.82) is 0 Å². The van der Waals surface area contributed by atoms with E-state index in [1.165, 1.54) is 48.5 Å². The lowest BCUT2D eigenvalue weighted by molar-refractivity contribution is 0.0952. The van der Waals surface area contributed by atoms with Gasteiger partial charge in [0.05, 0.1) is 9.79 Å². The zero-order valence-electron chi connectivity index (χ0n) is 11.3. The molecule has 2 aromatic rings. The summed E-state index contributed by atoms with van der Waals surface area (Å²) in [5.41, 5.74) is 7.52. The minimum atomic E-state index is -3.75. The molecule has 0 saturated heterocycles. The standard InChI is InChI=1S/C14H13N3O4S/c15-13(18)9-1-5-11(6-2-9)22(20,21)12-7-3-10(4-8-12)14(19)17-16/h1-8H,16H2,(H2,15,18)(H,17,19). The van der Waals surface area contributed by atoms with Crippen LogP contribution in [0.2, 0.25) is 0 Å². The average molecular weight is 319 g/mol. The Morgan fingerprint density at radius 2 is 1.23 bits per heavy atom. The number of amides is 2. The molecule has 7 nitrogen and oxygen atoms in total. The maximum Gasteiger partial charge on any atom is 0.265 e. The molecular weight excluding hydrogens is 306 g/mol. The molecule has 2 amide bonds. The summed E-state index contributed by atoms with van der Waals surface area (Å²) in [5.74, 6) is 3.85. The molecule has 0 spiro atoms. The molecule has 5 N–H and O–H groups in total. The molecule has 8 heteroatoms. The first-order valence-electron chi connectivity index (χ1n) is 6.12. The lowest BCUT2D eigenvalue weighted by Gasteiger charge is -2.06. The van der Waals surface area contributed by atoms with Crippen LogP contribution >= 0.6 is 0 Å². The maximum absolute atomic E-state index is 12.4. The van der Waals surface area contributed by atoms with Gasteiger partial charge in [-0.2, -0.15) is 0 Å². The van der Waals surface area contributed by atoms with E-state index in [0.717, 1.165) is 0 Å². The number of nitrogen functional groups attached to an aromatic ring is 1. The molecule has 0 bridgehead atoms. The summed E-state index contributed by atoms with van der Waals surface area (Å²) < 4.78 is 24.8. The predicted molar refractivity (Wildman–Crippen MR) is 78.5 cm³/mol. The Morgan fingerprint density at radius 3 is 1.59 bits per heavy atom. The van der Waals surface area contributed by atoms with Gasteiger partial charge in [0.2, 0.25) is 15.7 Å². The third-order valence-electron chi connectivity index (χ3n) is 3.01. The molecule has 0 atom stereocenters. The number of rotatable bonds is 4. The summed E-state index contributed by atoms with van der Waals surface area (Å²) in [5, 5.41) is 0. The molecule has 0 aromatic heterocycles. The van der Waals surface area contributed by atoms with Crippen LogP contribution in [0.4, 0.5) is 0 Å². The fourth-order valence-corrected chi connectivity index (χ4v) is 3.06. The smallest absolute Gasteiger partial charge is 0.265 e. The summed E-state index contributed by atoms with van der Waals surface area (Å²) in [7, 11) is -3.75. The summed E-state index contributed by atoms with van der Waals surface area (Å²) in [6.07, 6.45) is 0. The third-order valence-corrected chi connectivity index (χ3v) is 4.79. The van der Waals surface area contributed by atoms with Gasteiger partial charge in [-0.05, 0) is 48.5 Å². The van der Waals surface area contributed by atoms with Gasteiger partial charge in [0, 0.05) is 11.1 Å². The van der Waals surface area contributed by atoms with Gasteiger partial charge in [-0.1, -0.05) is 0 Å². The highest BCUT2D eigenvalue weighted by Gasteiger charge is 2.18. The van der Waals surface area contributed by atoms with E-state index < -0.39 is 21.7 Å². The number of benzene rings is 2. The first kappa shape index (κ1) is 15.7. The molecule has 0 aliphatic carbocycles. The number of hydrazine groups is 1. The van der Waals surface area contributed by atoms with Gasteiger partial charge in [0.1, 0.15) is 0 Å². The van der Waals surface area contributed by atoms with Crippen molar-refractivity contribution in [2.45, 2.75) is 9.79 Å². The Kier molecular flexibility index (Phi) is 4.25. The summed E-state index contributed by atoms with van der Waals surface area (Å²) >= 11 is 0. The second-order valence-electron chi connectivity index (χ2n) is 4.39. The van der Waals surface area contributed by atoms with Crippen LogP contribution in [0.1, 0.15) is 20.7 Å². The summed E-state index contributed by atoms with van der Waals surface area (Å²) in [4.78, 5) is 22.3. The second kappa shape index (κ2) is 5.96. The SMILES string of the molecule is NNC(=O)c1ccc(S(=O)(=O)c2ccc(C(N)=O)cc2)cc1. The van der Waals surface area contributed by atoms with Crippen LogP contribution in [-0.4, -0.2) is 20.2 Å². The minimum absolute atomic E-state index is 0.0212. The largest absolute Gasteiger partial charge is 0.366 e. The number of carbonyl (C=O) groups excluding carboxylic acids is 2. The number of nitrogens with one attached hydrogen (secondary N) is 1. The van der Waals surface area contributed by atoms with Crippen molar-refractivity contribution in [2.75, 3.05) is 0 Å². The topological polar surface area (TPSA) is 132 Å². The van der Waals surface area contributed by atoms with Crippen LogP contribution in [0.25, 0.3) is 0 Å². The first-order valence-corrected chi connectivity index (χ1v) is 7.60. The van der Waals surface area contributed by atoms with E-state index in [9.17, 15) is 18.0 Å². The quantitative estimate of drug-likeness (QED) is 0.421. The molecule has 0 aliphatic heterocycles. The van der Waals surface area contributed by atoms with Crippen molar-refractivity contribution in [3.8, 4) is 0 Å². The molecule has 0 fully saturated rings. The van der Waals surface area contributed by atoms with Crippen molar-refractivity contribution in [1.82, 2.24) is 5.43 Å². The van der Waals surface area contributed by atoms with Gasteiger partial charge in [-0.25, -0.2) is 14.3 Å². The van der Waals surface area contributed by atoms with Crippen LogP contribution in [-0.2, 0) is 9.84 Å². The fourth-order valence-electron chi connectivity index (χ4n) is 1.80. The zero-order valence-corrected chi connectivity index (χ0v) is 12.1. The highest BCUT2D eigenvalue weighted by molar-refractivity contribution is 7.91. The second-order valence-corrected chi connectivity index (χ2v) is 6.34. The number of hydrogen-bond donors (Lipinski definition) is 3. The number of nitrogens with two attached hydrogens (primary N) is 2. The lowest BCUT2D eigenvalue weighted by atomic mass is 10.2. The van der Waals surface area contributed by atoms with Gasteiger partial charge in [0.15, 0.2) is 0 Å². The highest BCUT2D eigenvalue weighted by atomic mass is 32.2. The van der Waals surface area contributed by atoms with Crippen LogP contribution in [0, 0.1) is 0 Å². The molecule has 2 rings (SSSR count). The van der Waals surface area contributed by atoms with Crippen LogP contribution in [0.3, 0.4) is 0 Å².